The molecule has 0 N–H and O–H groups in total. The van der Waals surface area contributed by atoms with Crippen molar-refractivity contribution in [3.8, 4) is 0 Å². The standard InChI is InChI=1S/C15H27NO3/c17-15(16-9-4-2-1-3-5-10-16)8-12-18-13-14-7-6-11-19-14/h14H,1-13H2/t14-/m0/s1. The fourth-order valence-electron chi connectivity index (χ4n) is 2.81. The van der Waals surface area contributed by atoms with E-state index < -0.39 is 0 Å². The quantitative estimate of drug-likeness (QED) is 0.719. The van der Waals surface area contributed by atoms with Crippen molar-refractivity contribution in [3.63, 3.8) is 0 Å². The Morgan fingerprint density at radius 2 is 1.84 bits per heavy atom. The average molecular weight is 269 g/mol. The van der Waals surface area contributed by atoms with Gasteiger partial charge in [0.15, 0.2) is 0 Å². The van der Waals surface area contributed by atoms with Crippen molar-refractivity contribution in [3.05, 3.63) is 0 Å². The summed E-state index contributed by atoms with van der Waals surface area (Å²) < 4.78 is 11.0. The lowest BCUT2D eigenvalue weighted by Gasteiger charge is -2.24. The molecule has 2 fully saturated rings. The van der Waals surface area contributed by atoms with Crippen molar-refractivity contribution in [2.75, 3.05) is 32.9 Å². The van der Waals surface area contributed by atoms with Gasteiger partial charge in [0.2, 0.25) is 5.91 Å². The van der Waals surface area contributed by atoms with Crippen molar-refractivity contribution < 1.29 is 14.3 Å². The first-order valence-corrected chi connectivity index (χ1v) is 7.83. The van der Waals surface area contributed by atoms with Gasteiger partial charge in [-0.15, -0.1) is 0 Å². The molecular weight excluding hydrogens is 242 g/mol. The lowest BCUT2D eigenvalue weighted by Crippen LogP contribution is -2.34. The molecule has 0 aromatic rings. The van der Waals surface area contributed by atoms with Crippen LogP contribution >= 0.6 is 0 Å². The molecule has 2 rings (SSSR count). The number of ether oxygens (including phenoxy) is 2. The summed E-state index contributed by atoms with van der Waals surface area (Å²) in [4.78, 5) is 14.1. The largest absolute Gasteiger partial charge is 0.378 e. The zero-order chi connectivity index (χ0) is 13.3. The van der Waals surface area contributed by atoms with Crippen LogP contribution in [0.1, 0.15) is 51.4 Å². The third-order valence-corrected chi connectivity index (χ3v) is 4.00. The molecule has 19 heavy (non-hydrogen) atoms. The lowest BCUT2D eigenvalue weighted by molar-refractivity contribution is -0.133. The van der Waals surface area contributed by atoms with Gasteiger partial charge in [-0.3, -0.25) is 4.79 Å². The van der Waals surface area contributed by atoms with Gasteiger partial charge in [-0.05, 0) is 25.7 Å². The third kappa shape index (κ3) is 5.49. The summed E-state index contributed by atoms with van der Waals surface area (Å²) in [6.45, 7) is 3.92. The van der Waals surface area contributed by atoms with Crippen LogP contribution in [0.15, 0.2) is 0 Å². The van der Waals surface area contributed by atoms with Crippen LogP contribution in [0.2, 0.25) is 0 Å². The summed E-state index contributed by atoms with van der Waals surface area (Å²) in [7, 11) is 0. The molecule has 0 radical (unpaired) electrons. The second kappa shape index (κ2) is 8.54. The number of likely N-dealkylation sites (tertiary alicyclic amines) is 1. The van der Waals surface area contributed by atoms with E-state index in [0.29, 0.717) is 19.6 Å². The number of nitrogens with zero attached hydrogens (tertiary/aromatic N) is 1. The molecule has 4 nitrogen and oxygen atoms in total. The SMILES string of the molecule is O=C(CCOC[C@@H]1CCCO1)N1CCCCCCC1. The lowest BCUT2D eigenvalue weighted by atomic mass is 10.1. The minimum atomic E-state index is 0.259. The Morgan fingerprint density at radius 3 is 2.53 bits per heavy atom. The van der Waals surface area contributed by atoms with Crippen LogP contribution in [0.3, 0.4) is 0 Å². The average Bonchev–Trinajstić information content (AvgIpc) is 2.87. The molecule has 2 saturated heterocycles. The van der Waals surface area contributed by atoms with Gasteiger partial charge in [-0.1, -0.05) is 19.3 Å². The zero-order valence-corrected chi connectivity index (χ0v) is 11.9. The smallest absolute Gasteiger partial charge is 0.224 e. The number of carbonyl (C=O) groups is 1. The molecule has 1 atom stereocenters. The van der Waals surface area contributed by atoms with E-state index >= 15 is 0 Å². The number of hydrogen-bond acceptors (Lipinski definition) is 3. The summed E-state index contributed by atoms with van der Waals surface area (Å²) in [5, 5.41) is 0. The van der Waals surface area contributed by atoms with Gasteiger partial charge in [-0.25, -0.2) is 0 Å². The molecule has 0 unspecified atom stereocenters. The second-order valence-corrected chi connectivity index (χ2v) is 5.61. The maximum atomic E-state index is 12.1. The topological polar surface area (TPSA) is 38.8 Å². The van der Waals surface area contributed by atoms with E-state index in [1.165, 1.54) is 19.3 Å². The molecule has 0 bridgehead atoms. The maximum Gasteiger partial charge on any atom is 0.224 e. The highest BCUT2D eigenvalue weighted by atomic mass is 16.5. The minimum absolute atomic E-state index is 0.259. The van der Waals surface area contributed by atoms with Crippen molar-refractivity contribution >= 4 is 5.91 Å². The molecule has 0 aromatic heterocycles. The Kier molecular flexibility index (Phi) is 6.65. The molecule has 1 amide bonds. The van der Waals surface area contributed by atoms with E-state index in [1.807, 2.05) is 4.90 Å². The number of hydrogen-bond donors (Lipinski definition) is 0. The first kappa shape index (κ1) is 14.8. The van der Waals surface area contributed by atoms with E-state index in [4.69, 9.17) is 9.47 Å². The molecule has 0 aromatic carbocycles. The summed E-state index contributed by atoms with van der Waals surface area (Å²) in [5.41, 5.74) is 0. The number of rotatable bonds is 5. The van der Waals surface area contributed by atoms with Gasteiger partial charge >= 0.3 is 0 Å². The fraction of sp³-hybridized carbons (Fsp3) is 0.933. The van der Waals surface area contributed by atoms with Gasteiger partial charge in [-0.2, -0.15) is 0 Å². The first-order chi connectivity index (χ1) is 9.36. The van der Waals surface area contributed by atoms with Gasteiger partial charge < -0.3 is 14.4 Å². The molecule has 0 spiro atoms. The van der Waals surface area contributed by atoms with E-state index in [9.17, 15) is 4.79 Å². The van der Waals surface area contributed by atoms with Crippen LogP contribution in [0, 0.1) is 0 Å². The van der Waals surface area contributed by atoms with Crippen molar-refractivity contribution in [1.82, 2.24) is 4.90 Å². The predicted molar refractivity (Wildman–Crippen MR) is 74.1 cm³/mol. The highest BCUT2D eigenvalue weighted by Gasteiger charge is 2.17. The summed E-state index contributed by atoms with van der Waals surface area (Å²) in [5.74, 6) is 0.259. The number of amides is 1. The fourth-order valence-corrected chi connectivity index (χ4v) is 2.81. The van der Waals surface area contributed by atoms with Crippen molar-refractivity contribution in [2.24, 2.45) is 0 Å². The van der Waals surface area contributed by atoms with E-state index in [0.717, 1.165) is 45.4 Å². The molecule has 0 saturated carbocycles. The maximum absolute atomic E-state index is 12.1. The summed E-state index contributed by atoms with van der Waals surface area (Å²) >= 11 is 0. The Hall–Kier alpha value is -0.610. The van der Waals surface area contributed by atoms with Crippen LogP contribution in [-0.2, 0) is 14.3 Å². The first-order valence-electron chi connectivity index (χ1n) is 7.83. The minimum Gasteiger partial charge on any atom is -0.378 e. The van der Waals surface area contributed by atoms with Crippen molar-refractivity contribution in [1.29, 1.82) is 0 Å². The van der Waals surface area contributed by atoms with Crippen LogP contribution in [0.25, 0.3) is 0 Å². The molecule has 2 aliphatic rings. The summed E-state index contributed by atoms with van der Waals surface area (Å²) in [6.07, 6.45) is 9.18. The van der Waals surface area contributed by atoms with Crippen LogP contribution in [-0.4, -0.2) is 49.8 Å². The molecule has 4 heteroatoms. The van der Waals surface area contributed by atoms with E-state index in [2.05, 4.69) is 0 Å². The van der Waals surface area contributed by atoms with Crippen LogP contribution in [0.4, 0.5) is 0 Å². The predicted octanol–water partition coefficient (Wildman–Crippen LogP) is 2.36. The Labute approximate surface area is 116 Å². The third-order valence-electron chi connectivity index (χ3n) is 4.00. The normalized spacial score (nSPS) is 25.1. The van der Waals surface area contributed by atoms with Crippen LogP contribution in [0.5, 0.6) is 0 Å². The van der Waals surface area contributed by atoms with Crippen molar-refractivity contribution in [2.45, 2.75) is 57.5 Å². The highest BCUT2D eigenvalue weighted by molar-refractivity contribution is 5.76. The molecule has 0 aliphatic carbocycles. The Morgan fingerprint density at radius 1 is 1.11 bits per heavy atom. The second-order valence-electron chi connectivity index (χ2n) is 5.61. The highest BCUT2D eigenvalue weighted by Crippen LogP contribution is 2.13. The van der Waals surface area contributed by atoms with Crippen LogP contribution < -0.4 is 0 Å². The van der Waals surface area contributed by atoms with E-state index in [-0.39, 0.29) is 12.0 Å². The molecule has 2 heterocycles. The Bertz CT molecular complexity index is 256. The molecule has 110 valence electrons. The molecular formula is C15H27NO3. The van der Waals surface area contributed by atoms with Gasteiger partial charge in [0, 0.05) is 19.7 Å². The van der Waals surface area contributed by atoms with Gasteiger partial charge in [0.1, 0.15) is 0 Å². The number of carbonyl (C=O) groups excluding carboxylic acids is 1. The summed E-state index contributed by atoms with van der Waals surface area (Å²) in [6, 6.07) is 0. The zero-order valence-electron chi connectivity index (χ0n) is 11.9. The monoisotopic (exact) mass is 269 g/mol. The Balaban J connectivity index is 1.57. The van der Waals surface area contributed by atoms with Gasteiger partial charge in [0.25, 0.3) is 0 Å². The van der Waals surface area contributed by atoms with Gasteiger partial charge in [0.05, 0.1) is 25.7 Å². The van der Waals surface area contributed by atoms with E-state index in [1.54, 1.807) is 0 Å². The molecule has 2 aliphatic heterocycles.